The SMILES string of the molecule is CCCCCCCCC(CCC)OC(=O)C1CC=CCC1C(=O)O. The number of carbonyl (C=O) groups is 2. The summed E-state index contributed by atoms with van der Waals surface area (Å²) in [5.41, 5.74) is 0. The second-order valence-electron chi connectivity index (χ2n) is 6.90. The Morgan fingerprint density at radius 1 is 0.958 bits per heavy atom. The molecule has 1 aliphatic carbocycles. The molecular weight excluding hydrogens is 304 g/mol. The van der Waals surface area contributed by atoms with Crippen molar-refractivity contribution in [1.29, 1.82) is 0 Å². The number of rotatable bonds is 12. The Balaban J connectivity index is 2.43. The fourth-order valence-corrected chi connectivity index (χ4v) is 3.34. The van der Waals surface area contributed by atoms with Gasteiger partial charge < -0.3 is 9.84 Å². The molecule has 0 spiro atoms. The highest BCUT2D eigenvalue weighted by Gasteiger charge is 2.35. The maximum atomic E-state index is 12.5. The molecule has 0 saturated carbocycles. The first-order valence-electron chi connectivity index (χ1n) is 9.68. The first kappa shape index (κ1) is 20.7. The van der Waals surface area contributed by atoms with E-state index in [0.29, 0.717) is 12.8 Å². The second kappa shape index (κ2) is 12.1. The van der Waals surface area contributed by atoms with Crippen LogP contribution in [0.1, 0.15) is 84.5 Å². The van der Waals surface area contributed by atoms with E-state index >= 15 is 0 Å². The quantitative estimate of drug-likeness (QED) is 0.305. The van der Waals surface area contributed by atoms with Gasteiger partial charge in [0.05, 0.1) is 11.8 Å². The van der Waals surface area contributed by atoms with Gasteiger partial charge in [0.2, 0.25) is 0 Å². The minimum absolute atomic E-state index is 0.0611. The van der Waals surface area contributed by atoms with Crippen molar-refractivity contribution in [3.63, 3.8) is 0 Å². The molecule has 24 heavy (non-hydrogen) atoms. The van der Waals surface area contributed by atoms with E-state index in [1.54, 1.807) is 0 Å². The number of carboxylic acid groups (broad SMARTS) is 1. The van der Waals surface area contributed by atoms with Crippen molar-refractivity contribution in [3.05, 3.63) is 12.2 Å². The lowest BCUT2D eigenvalue weighted by Gasteiger charge is -2.26. The average Bonchev–Trinajstić information content (AvgIpc) is 2.58. The van der Waals surface area contributed by atoms with Gasteiger partial charge >= 0.3 is 11.9 Å². The van der Waals surface area contributed by atoms with E-state index in [2.05, 4.69) is 13.8 Å². The Hall–Kier alpha value is -1.32. The number of esters is 1. The van der Waals surface area contributed by atoms with Gasteiger partial charge in [0.1, 0.15) is 6.10 Å². The number of allylic oxidation sites excluding steroid dienone is 2. The topological polar surface area (TPSA) is 63.6 Å². The molecule has 0 bridgehead atoms. The van der Waals surface area contributed by atoms with Crippen molar-refractivity contribution in [2.75, 3.05) is 0 Å². The molecule has 4 heteroatoms. The number of hydrogen-bond acceptors (Lipinski definition) is 3. The van der Waals surface area contributed by atoms with Crippen LogP contribution in [0, 0.1) is 11.8 Å². The minimum Gasteiger partial charge on any atom is -0.481 e. The zero-order chi connectivity index (χ0) is 17.8. The van der Waals surface area contributed by atoms with E-state index in [1.807, 2.05) is 12.2 Å². The molecule has 0 saturated heterocycles. The summed E-state index contributed by atoms with van der Waals surface area (Å²) in [4.78, 5) is 23.8. The van der Waals surface area contributed by atoms with Gasteiger partial charge in [0.25, 0.3) is 0 Å². The molecule has 1 rings (SSSR count). The third-order valence-corrected chi connectivity index (χ3v) is 4.83. The van der Waals surface area contributed by atoms with Gasteiger partial charge in [-0.25, -0.2) is 0 Å². The molecule has 0 aromatic heterocycles. The Morgan fingerprint density at radius 2 is 1.58 bits per heavy atom. The Morgan fingerprint density at radius 3 is 2.21 bits per heavy atom. The molecule has 138 valence electrons. The smallest absolute Gasteiger partial charge is 0.310 e. The summed E-state index contributed by atoms with van der Waals surface area (Å²) in [5.74, 6) is -2.39. The van der Waals surface area contributed by atoms with E-state index in [0.717, 1.165) is 25.7 Å². The van der Waals surface area contributed by atoms with Crippen LogP contribution >= 0.6 is 0 Å². The minimum atomic E-state index is -0.899. The summed E-state index contributed by atoms with van der Waals surface area (Å²) in [7, 11) is 0. The Bertz CT molecular complexity index is 402. The maximum Gasteiger partial charge on any atom is 0.310 e. The van der Waals surface area contributed by atoms with Crippen LogP contribution in [0.3, 0.4) is 0 Å². The largest absolute Gasteiger partial charge is 0.481 e. The Labute approximate surface area is 146 Å². The van der Waals surface area contributed by atoms with Gasteiger partial charge in [-0.3, -0.25) is 9.59 Å². The predicted octanol–water partition coefficient (Wildman–Crippen LogP) is 5.12. The molecule has 1 N–H and O–H groups in total. The van der Waals surface area contributed by atoms with Crippen LogP contribution in [-0.2, 0) is 14.3 Å². The molecule has 0 heterocycles. The third kappa shape index (κ3) is 7.50. The van der Waals surface area contributed by atoms with Crippen molar-refractivity contribution >= 4 is 11.9 Å². The van der Waals surface area contributed by atoms with Gasteiger partial charge in [0.15, 0.2) is 0 Å². The number of unbranched alkanes of at least 4 members (excludes halogenated alkanes) is 5. The highest BCUT2D eigenvalue weighted by Crippen LogP contribution is 2.28. The van der Waals surface area contributed by atoms with Crippen LogP contribution in [0.15, 0.2) is 12.2 Å². The van der Waals surface area contributed by atoms with Crippen LogP contribution in [-0.4, -0.2) is 23.1 Å². The molecule has 0 fully saturated rings. The lowest BCUT2D eigenvalue weighted by Crippen LogP contribution is -2.34. The van der Waals surface area contributed by atoms with Gasteiger partial charge in [-0.1, -0.05) is 64.5 Å². The Kier molecular flexibility index (Phi) is 10.4. The third-order valence-electron chi connectivity index (χ3n) is 4.83. The molecule has 3 atom stereocenters. The summed E-state index contributed by atoms with van der Waals surface area (Å²) in [6.07, 6.45) is 14.6. The molecule has 0 aromatic carbocycles. The van der Waals surface area contributed by atoms with Crippen LogP contribution in [0.5, 0.6) is 0 Å². The van der Waals surface area contributed by atoms with Crippen molar-refractivity contribution in [3.8, 4) is 0 Å². The number of hydrogen-bond donors (Lipinski definition) is 1. The van der Waals surface area contributed by atoms with Crippen LogP contribution in [0.25, 0.3) is 0 Å². The highest BCUT2D eigenvalue weighted by molar-refractivity contribution is 5.81. The second-order valence-corrected chi connectivity index (χ2v) is 6.90. The van der Waals surface area contributed by atoms with Gasteiger partial charge in [-0.15, -0.1) is 0 Å². The fraction of sp³-hybridized carbons (Fsp3) is 0.800. The molecule has 0 radical (unpaired) electrons. The lowest BCUT2D eigenvalue weighted by atomic mass is 9.83. The van der Waals surface area contributed by atoms with Crippen molar-refractivity contribution < 1.29 is 19.4 Å². The highest BCUT2D eigenvalue weighted by atomic mass is 16.5. The normalized spacial score (nSPS) is 21.4. The number of aliphatic carboxylic acids is 1. The molecular formula is C20H34O4. The summed E-state index contributed by atoms with van der Waals surface area (Å²) < 4.78 is 5.70. The van der Waals surface area contributed by atoms with Crippen molar-refractivity contribution in [1.82, 2.24) is 0 Å². The zero-order valence-corrected chi connectivity index (χ0v) is 15.3. The number of carboxylic acids is 1. The first-order chi connectivity index (χ1) is 11.6. The number of ether oxygens (including phenoxy) is 1. The number of carbonyl (C=O) groups excluding carboxylic acids is 1. The summed E-state index contributed by atoms with van der Waals surface area (Å²) >= 11 is 0. The fourth-order valence-electron chi connectivity index (χ4n) is 3.34. The van der Waals surface area contributed by atoms with Gasteiger partial charge in [-0.2, -0.15) is 0 Å². The van der Waals surface area contributed by atoms with Crippen LogP contribution in [0.2, 0.25) is 0 Å². The van der Waals surface area contributed by atoms with Crippen molar-refractivity contribution in [2.24, 2.45) is 11.8 Å². The summed E-state index contributed by atoms with van der Waals surface area (Å²) in [5, 5.41) is 9.30. The van der Waals surface area contributed by atoms with Crippen LogP contribution in [0.4, 0.5) is 0 Å². The first-order valence-corrected chi connectivity index (χ1v) is 9.68. The molecule has 3 unspecified atom stereocenters. The molecule has 1 aliphatic rings. The molecule has 0 aromatic rings. The monoisotopic (exact) mass is 338 g/mol. The van der Waals surface area contributed by atoms with Crippen LogP contribution < -0.4 is 0 Å². The maximum absolute atomic E-state index is 12.5. The summed E-state index contributed by atoms with van der Waals surface area (Å²) in [6.45, 7) is 4.30. The van der Waals surface area contributed by atoms with E-state index in [9.17, 15) is 14.7 Å². The molecule has 0 amide bonds. The standard InChI is InChI=1S/C20H34O4/c1-3-5-6-7-8-9-13-16(12-4-2)24-20(23)18-15-11-10-14-17(18)19(21)22/h10-11,16-18H,3-9,12-15H2,1-2H3,(H,21,22). The lowest BCUT2D eigenvalue weighted by molar-refractivity contribution is -0.162. The molecule has 0 aliphatic heterocycles. The van der Waals surface area contributed by atoms with Crippen molar-refractivity contribution in [2.45, 2.75) is 90.6 Å². The zero-order valence-electron chi connectivity index (χ0n) is 15.3. The van der Waals surface area contributed by atoms with E-state index in [-0.39, 0.29) is 12.1 Å². The van der Waals surface area contributed by atoms with E-state index in [1.165, 1.54) is 32.1 Å². The molecule has 4 nitrogen and oxygen atoms in total. The summed E-state index contributed by atoms with van der Waals surface area (Å²) in [6, 6.07) is 0. The predicted molar refractivity (Wildman–Crippen MR) is 95.8 cm³/mol. The average molecular weight is 338 g/mol. The van der Waals surface area contributed by atoms with Gasteiger partial charge in [-0.05, 0) is 32.1 Å². The van der Waals surface area contributed by atoms with Gasteiger partial charge in [0, 0.05) is 0 Å². The van der Waals surface area contributed by atoms with E-state index in [4.69, 9.17) is 4.74 Å². The van der Waals surface area contributed by atoms with E-state index < -0.39 is 17.8 Å².